The average molecular weight is 484 g/mol. The van der Waals surface area contributed by atoms with E-state index in [2.05, 4.69) is 15.2 Å². The first-order valence-corrected chi connectivity index (χ1v) is 13.3. The van der Waals surface area contributed by atoms with Crippen LogP contribution in [0.5, 0.6) is 0 Å². The molecule has 1 aromatic heterocycles. The van der Waals surface area contributed by atoms with E-state index in [4.69, 9.17) is 0 Å². The minimum atomic E-state index is -3.65. The Labute approximate surface area is 199 Å². The van der Waals surface area contributed by atoms with Crippen LogP contribution in [0.15, 0.2) is 47.6 Å². The maximum atomic E-state index is 13.5. The number of nitrogens with zero attached hydrogens (tertiary/aromatic N) is 4. The van der Waals surface area contributed by atoms with Crippen LogP contribution < -0.4 is 15.1 Å². The molecule has 34 heavy (non-hydrogen) atoms. The van der Waals surface area contributed by atoms with E-state index in [0.29, 0.717) is 25.3 Å². The molecule has 1 aromatic carbocycles. The van der Waals surface area contributed by atoms with Crippen molar-refractivity contribution in [2.24, 2.45) is 0 Å². The highest BCUT2D eigenvalue weighted by molar-refractivity contribution is 7.89. The number of anilines is 2. The lowest BCUT2D eigenvalue weighted by molar-refractivity contribution is -0.125. The Balaban J connectivity index is 1.45. The molecule has 0 saturated carbocycles. The molecule has 3 aliphatic heterocycles. The number of nitrogens with one attached hydrogen (secondary N) is 1. The molecule has 1 unspecified atom stereocenters. The van der Waals surface area contributed by atoms with Gasteiger partial charge in [0.1, 0.15) is 12.6 Å². The molecule has 5 rings (SSSR count). The van der Waals surface area contributed by atoms with Crippen LogP contribution in [-0.2, 0) is 26.2 Å². The molecular weight excluding hydrogens is 454 g/mol. The van der Waals surface area contributed by atoms with Crippen molar-refractivity contribution in [1.82, 2.24) is 14.6 Å². The molecule has 1 N–H and O–H groups in total. The second kappa shape index (κ2) is 9.34. The SMILES string of the molecule is O=C(CN1C(=O)C2CCCCN2c2ccc(S(=O)(=O)N3CCCC3)cc21)NCc1cccnc1. The summed E-state index contributed by atoms with van der Waals surface area (Å²) in [6, 6.07) is 8.34. The monoisotopic (exact) mass is 483 g/mol. The lowest BCUT2D eigenvalue weighted by Gasteiger charge is -2.45. The summed E-state index contributed by atoms with van der Waals surface area (Å²) in [5, 5.41) is 2.85. The molecule has 2 fully saturated rings. The third-order valence-corrected chi connectivity index (χ3v) is 8.71. The molecule has 9 nitrogen and oxygen atoms in total. The summed E-state index contributed by atoms with van der Waals surface area (Å²) >= 11 is 0. The molecule has 2 aromatic rings. The Morgan fingerprint density at radius 3 is 2.62 bits per heavy atom. The molecule has 0 radical (unpaired) electrons. The lowest BCUT2D eigenvalue weighted by Crippen LogP contribution is -2.57. The zero-order chi connectivity index (χ0) is 23.7. The number of sulfonamides is 1. The molecule has 0 aliphatic carbocycles. The Kier molecular flexibility index (Phi) is 6.26. The van der Waals surface area contributed by atoms with E-state index < -0.39 is 10.0 Å². The Morgan fingerprint density at radius 2 is 1.85 bits per heavy atom. The fourth-order valence-electron chi connectivity index (χ4n) is 5.04. The number of piperidine rings is 1. The van der Waals surface area contributed by atoms with E-state index in [1.165, 1.54) is 9.21 Å². The molecular formula is C24H29N5O4S. The number of rotatable bonds is 6. The Hall–Kier alpha value is -2.98. The number of hydrogen-bond acceptors (Lipinski definition) is 6. The predicted molar refractivity (Wildman–Crippen MR) is 128 cm³/mol. The van der Waals surface area contributed by atoms with Gasteiger partial charge in [-0.05, 0) is 61.9 Å². The van der Waals surface area contributed by atoms with Gasteiger partial charge in [0, 0.05) is 38.6 Å². The zero-order valence-electron chi connectivity index (χ0n) is 19.0. The van der Waals surface area contributed by atoms with Crippen molar-refractivity contribution < 1.29 is 18.0 Å². The van der Waals surface area contributed by atoms with Crippen LogP contribution in [0.25, 0.3) is 0 Å². The summed E-state index contributed by atoms with van der Waals surface area (Å²) in [5.74, 6) is -0.459. The van der Waals surface area contributed by atoms with Gasteiger partial charge in [0.15, 0.2) is 0 Å². The quantitative estimate of drug-likeness (QED) is 0.673. The molecule has 3 aliphatic rings. The van der Waals surface area contributed by atoms with Crippen LogP contribution in [0.1, 0.15) is 37.7 Å². The van der Waals surface area contributed by atoms with E-state index in [1.807, 2.05) is 6.07 Å². The van der Waals surface area contributed by atoms with E-state index >= 15 is 0 Å². The topological polar surface area (TPSA) is 103 Å². The second-order valence-corrected chi connectivity index (χ2v) is 11.0. The second-order valence-electron chi connectivity index (χ2n) is 9.03. The van der Waals surface area contributed by atoms with Crippen molar-refractivity contribution in [2.45, 2.75) is 49.6 Å². The highest BCUT2D eigenvalue weighted by atomic mass is 32.2. The van der Waals surface area contributed by atoms with Gasteiger partial charge >= 0.3 is 0 Å². The van der Waals surface area contributed by atoms with Crippen molar-refractivity contribution in [2.75, 3.05) is 36.0 Å². The number of pyridine rings is 1. The fourth-order valence-corrected chi connectivity index (χ4v) is 6.58. The highest BCUT2D eigenvalue weighted by Crippen LogP contribution is 2.41. The lowest BCUT2D eigenvalue weighted by atomic mass is 9.96. The molecule has 1 atom stereocenters. The summed E-state index contributed by atoms with van der Waals surface area (Å²) in [4.78, 5) is 34.1. The standard InChI is InChI=1S/C24H29N5O4S/c30-23(26-16-18-6-5-10-25-15-18)17-29-22-14-19(34(32,33)27-11-3-4-12-27)8-9-20(22)28-13-2-1-7-21(28)24(29)31/h5-6,8-10,14-15,21H,1-4,7,11-13,16-17H2,(H,26,30). The van der Waals surface area contributed by atoms with Crippen molar-refractivity contribution >= 4 is 33.2 Å². The average Bonchev–Trinajstić information content (AvgIpc) is 3.42. The van der Waals surface area contributed by atoms with Gasteiger partial charge in [0.25, 0.3) is 0 Å². The smallest absolute Gasteiger partial charge is 0.250 e. The van der Waals surface area contributed by atoms with Gasteiger partial charge in [-0.3, -0.25) is 19.5 Å². The molecule has 10 heteroatoms. The number of hydrogen-bond donors (Lipinski definition) is 1. The van der Waals surface area contributed by atoms with E-state index in [9.17, 15) is 18.0 Å². The normalized spacial score (nSPS) is 20.7. The summed E-state index contributed by atoms with van der Waals surface area (Å²) in [6.07, 6.45) is 7.69. The maximum absolute atomic E-state index is 13.5. The summed E-state index contributed by atoms with van der Waals surface area (Å²) in [7, 11) is -3.65. The van der Waals surface area contributed by atoms with Crippen molar-refractivity contribution in [1.29, 1.82) is 0 Å². The Bertz CT molecular complexity index is 1180. The Morgan fingerprint density at radius 1 is 1.06 bits per heavy atom. The molecule has 0 bridgehead atoms. The van der Waals surface area contributed by atoms with Crippen LogP contribution in [0, 0.1) is 0 Å². The molecule has 180 valence electrons. The van der Waals surface area contributed by atoms with Gasteiger partial charge < -0.3 is 10.2 Å². The molecule has 0 spiro atoms. The van der Waals surface area contributed by atoms with Crippen molar-refractivity contribution in [3.63, 3.8) is 0 Å². The van der Waals surface area contributed by atoms with Crippen LogP contribution >= 0.6 is 0 Å². The minimum absolute atomic E-state index is 0.153. The summed E-state index contributed by atoms with van der Waals surface area (Å²) < 4.78 is 27.9. The van der Waals surface area contributed by atoms with Crippen molar-refractivity contribution in [3.8, 4) is 0 Å². The van der Waals surface area contributed by atoms with Gasteiger partial charge in [0.05, 0.1) is 16.3 Å². The first-order chi connectivity index (χ1) is 16.4. The third-order valence-electron chi connectivity index (χ3n) is 6.82. The minimum Gasteiger partial charge on any atom is -0.358 e. The largest absolute Gasteiger partial charge is 0.358 e. The van der Waals surface area contributed by atoms with Gasteiger partial charge in [0.2, 0.25) is 21.8 Å². The zero-order valence-corrected chi connectivity index (χ0v) is 19.8. The van der Waals surface area contributed by atoms with Gasteiger partial charge in [-0.2, -0.15) is 4.31 Å². The number of fused-ring (bicyclic) bond motifs is 3. The summed E-state index contributed by atoms with van der Waals surface area (Å²) in [6.45, 7) is 1.90. The number of benzene rings is 1. The third kappa shape index (κ3) is 4.27. The van der Waals surface area contributed by atoms with Gasteiger partial charge in [-0.25, -0.2) is 8.42 Å². The number of carbonyl (C=O) groups excluding carboxylic acids is 2. The first kappa shape index (κ1) is 22.8. The predicted octanol–water partition coefficient (Wildman–Crippen LogP) is 1.89. The number of aromatic nitrogens is 1. The highest BCUT2D eigenvalue weighted by Gasteiger charge is 2.41. The van der Waals surface area contributed by atoms with Gasteiger partial charge in [-0.15, -0.1) is 0 Å². The van der Waals surface area contributed by atoms with Crippen LogP contribution in [-0.4, -0.2) is 61.7 Å². The van der Waals surface area contributed by atoms with Crippen LogP contribution in [0.2, 0.25) is 0 Å². The maximum Gasteiger partial charge on any atom is 0.250 e. The van der Waals surface area contributed by atoms with E-state index in [0.717, 1.165) is 49.9 Å². The van der Waals surface area contributed by atoms with Crippen LogP contribution in [0.4, 0.5) is 11.4 Å². The van der Waals surface area contributed by atoms with Crippen molar-refractivity contribution in [3.05, 3.63) is 48.3 Å². The molecule has 2 saturated heterocycles. The van der Waals surface area contributed by atoms with E-state index in [1.54, 1.807) is 36.7 Å². The fraction of sp³-hybridized carbons (Fsp3) is 0.458. The summed E-state index contributed by atoms with van der Waals surface area (Å²) in [5.41, 5.74) is 2.16. The number of amides is 2. The number of carbonyl (C=O) groups is 2. The molecule has 2 amide bonds. The molecule has 4 heterocycles. The van der Waals surface area contributed by atoms with E-state index in [-0.39, 0.29) is 29.3 Å². The van der Waals surface area contributed by atoms with Gasteiger partial charge in [-0.1, -0.05) is 6.07 Å². The first-order valence-electron chi connectivity index (χ1n) is 11.8. The van der Waals surface area contributed by atoms with Crippen LogP contribution in [0.3, 0.4) is 0 Å².